The first-order chi connectivity index (χ1) is 17.9. The third-order valence-corrected chi connectivity index (χ3v) is 6.48. The molecule has 6 rings (SSSR count). The lowest BCUT2D eigenvalue weighted by Crippen LogP contribution is -2.25. The summed E-state index contributed by atoms with van der Waals surface area (Å²) < 4.78 is 0. The van der Waals surface area contributed by atoms with Crippen LogP contribution in [0.15, 0.2) is 90.8 Å². The molecule has 5 aromatic rings. The highest BCUT2D eigenvalue weighted by atomic mass is 16.4. The number of Topliss-reactive ketones (excluding diaryl/α,β-unsaturated/α-hetero) is 1. The third kappa shape index (κ3) is 3.65. The molecule has 1 N–H and O–H groups in total. The van der Waals surface area contributed by atoms with E-state index in [4.69, 9.17) is 4.98 Å². The van der Waals surface area contributed by atoms with Crippen molar-refractivity contribution in [1.29, 1.82) is 0 Å². The van der Waals surface area contributed by atoms with Gasteiger partial charge in [-0.1, -0.05) is 30.3 Å². The first-order valence-corrected chi connectivity index (χ1v) is 11.6. The first kappa shape index (κ1) is 22.3. The lowest BCUT2D eigenvalue weighted by molar-refractivity contribution is -0.116. The standard InChI is InChI=1S/C30H19N3O4/c1-17(34)33-27-9-5-3-7-22(27)29(35)28(33)16-19-15-23(20-12-13-31-25-8-4-2-6-21(20)25)24-14-18(30(36)37)10-11-26(24)32-19/h2-16H,1H3,(H,36,37)/b28-16-. The van der Waals surface area contributed by atoms with Gasteiger partial charge in [0.1, 0.15) is 0 Å². The van der Waals surface area contributed by atoms with Gasteiger partial charge in [0.25, 0.3) is 0 Å². The van der Waals surface area contributed by atoms with Gasteiger partial charge in [-0.05, 0) is 65.7 Å². The van der Waals surface area contributed by atoms with Crippen LogP contribution in [0.1, 0.15) is 33.3 Å². The number of aromatic nitrogens is 2. The van der Waals surface area contributed by atoms with Crippen LogP contribution >= 0.6 is 0 Å². The summed E-state index contributed by atoms with van der Waals surface area (Å²) in [7, 11) is 0. The molecule has 2 aromatic heterocycles. The van der Waals surface area contributed by atoms with Crippen molar-refractivity contribution in [3.63, 3.8) is 0 Å². The Morgan fingerprint density at radius 1 is 0.838 bits per heavy atom. The van der Waals surface area contributed by atoms with Gasteiger partial charge >= 0.3 is 5.97 Å². The molecule has 0 radical (unpaired) electrons. The Morgan fingerprint density at radius 2 is 1.62 bits per heavy atom. The van der Waals surface area contributed by atoms with E-state index >= 15 is 0 Å². The molecule has 3 aromatic carbocycles. The van der Waals surface area contributed by atoms with Crippen molar-refractivity contribution in [3.8, 4) is 11.1 Å². The number of nitrogens with zero attached hydrogens (tertiary/aromatic N) is 3. The van der Waals surface area contributed by atoms with E-state index in [1.807, 2.05) is 36.4 Å². The predicted octanol–water partition coefficient (Wildman–Crippen LogP) is 5.74. The van der Waals surface area contributed by atoms with Crippen LogP contribution < -0.4 is 4.90 Å². The third-order valence-electron chi connectivity index (χ3n) is 6.48. The monoisotopic (exact) mass is 485 g/mol. The molecule has 1 aliphatic heterocycles. The molecule has 7 heteroatoms. The predicted molar refractivity (Wildman–Crippen MR) is 141 cm³/mol. The number of carboxylic acids is 1. The Labute approximate surface area is 211 Å². The van der Waals surface area contributed by atoms with Crippen LogP contribution in [-0.2, 0) is 4.79 Å². The molecule has 0 saturated heterocycles. The van der Waals surface area contributed by atoms with Crippen molar-refractivity contribution < 1.29 is 19.5 Å². The van der Waals surface area contributed by atoms with Crippen molar-refractivity contribution in [2.24, 2.45) is 0 Å². The number of fused-ring (bicyclic) bond motifs is 3. The fourth-order valence-electron chi connectivity index (χ4n) is 4.85. The Kier molecular flexibility index (Phi) is 5.12. The number of hydrogen-bond acceptors (Lipinski definition) is 5. The van der Waals surface area contributed by atoms with Gasteiger partial charge in [0, 0.05) is 29.5 Å². The van der Waals surface area contributed by atoms with Gasteiger partial charge in [-0.25, -0.2) is 9.78 Å². The fourth-order valence-corrected chi connectivity index (χ4v) is 4.85. The van der Waals surface area contributed by atoms with Crippen molar-refractivity contribution in [1.82, 2.24) is 9.97 Å². The number of amides is 1. The average Bonchev–Trinajstić information content (AvgIpc) is 3.19. The summed E-state index contributed by atoms with van der Waals surface area (Å²) in [5, 5.41) is 11.2. The number of pyridine rings is 2. The minimum Gasteiger partial charge on any atom is -0.478 e. The topological polar surface area (TPSA) is 100 Å². The van der Waals surface area contributed by atoms with E-state index < -0.39 is 5.97 Å². The molecule has 178 valence electrons. The molecule has 0 bridgehead atoms. The SMILES string of the molecule is CC(=O)N1/C(=C\c2cc(-c3ccnc4ccccc34)c3cc(C(=O)O)ccc3n2)C(=O)c2ccccc21. The number of para-hydroxylation sites is 2. The van der Waals surface area contributed by atoms with E-state index in [-0.39, 0.29) is 23.0 Å². The number of allylic oxidation sites excluding steroid dienone is 1. The second-order valence-electron chi connectivity index (χ2n) is 8.74. The van der Waals surface area contributed by atoms with Crippen LogP contribution in [0.25, 0.3) is 39.0 Å². The second-order valence-corrected chi connectivity index (χ2v) is 8.74. The van der Waals surface area contributed by atoms with Crippen molar-refractivity contribution in [2.75, 3.05) is 4.90 Å². The molecule has 1 amide bonds. The van der Waals surface area contributed by atoms with Gasteiger partial charge in [0.2, 0.25) is 11.7 Å². The molecule has 0 aliphatic carbocycles. The molecule has 0 fully saturated rings. The molecule has 3 heterocycles. The van der Waals surface area contributed by atoms with Crippen LogP contribution in [0, 0.1) is 0 Å². The lowest BCUT2D eigenvalue weighted by Gasteiger charge is -2.16. The van der Waals surface area contributed by atoms with E-state index in [1.54, 1.807) is 48.7 Å². The number of hydrogen-bond donors (Lipinski definition) is 1. The summed E-state index contributed by atoms with van der Waals surface area (Å²) >= 11 is 0. The Bertz CT molecular complexity index is 1820. The van der Waals surface area contributed by atoms with Crippen LogP contribution in [0.4, 0.5) is 5.69 Å². The normalized spacial score (nSPS) is 13.9. The highest BCUT2D eigenvalue weighted by Gasteiger charge is 2.34. The minimum atomic E-state index is -1.04. The fraction of sp³-hybridized carbons (Fsp3) is 0.0333. The van der Waals surface area contributed by atoms with Crippen LogP contribution in [0.5, 0.6) is 0 Å². The smallest absolute Gasteiger partial charge is 0.335 e. The summed E-state index contributed by atoms with van der Waals surface area (Å²) in [6.45, 7) is 1.42. The zero-order chi connectivity index (χ0) is 25.7. The van der Waals surface area contributed by atoms with Gasteiger partial charge in [-0.2, -0.15) is 0 Å². The van der Waals surface area contributed by atoms with E-state index in [2.05, 4.69) is 4.98 Å². The maximum Gasteiger partial charge on any atom is 0.335 e. The summed E-state index contributed by atoms with van der Waals surface area (Å²) in [6.07, 6.45) is 3.32. The number of carbonyl (C=O) groups excluding carboxylic acids is 2. The van der Waals surface area contributed by atoms with Gasteiger partial charge in [-0.15, -0.1) is 0 Å². The van der Waals surface area contributed by atoms with Crippen molar-refractivity contribution in [2.45, 2.75) is 6.92 Å². The van der Waals surface area contributed by atoms with E-state index in [1.165, 1.54) is 17.9 Å². The van der Waals surface area contributed by atoms with Crippen LogP contribution in [0.3, 0.4) is 0 Å². The molecule has 0 spiro atoms. The van der Waals surface area contributed by atoms with E-state index in [0.29, 0.717) is 27.8 Å². The van der Waals surface area contributed by atoms with Gasteiger partial charge in [-0.3, -0.25) is 19.5 Å². The number of ketones is 1. The number of carboxylic acid groups (broad SMARTS) is 1. The average molecular weight is 485 g/mol. The highest BCUT2D eigenvalue weighted by molar-refractivity contribution is 6.26. The first-order valence-electron chi connectivity index (χ1n) is 11.6. The minimum absolute atomic E-state index is 0.143. The van der Waals surface area contributed by atoms with E-state index in [0.717, 1.165) is 22.0 Å². The van der Waals surface area contributed by atoms with Crippen LogP contribution in [0.2, 0.25) is 0 Å². The summed E-state index contributed by atoms with van der Waals surface area (Å²) in [6, 6.07) is 23.1. The Balaban J connectivity index is 1.62. The van der Waals surface area contributed by atoms with E-state index in [9.17, 15) is 19.5 Å². The van der Waals surface area contributed by atoms with Crippen molar-refractivity contribution >= 4 is 51.2 Å². The molecule has 0 saturated carbocycles. The molecular weight excluding hydrogens is 466 g/mol. The summed E-state index contributed by atoms with van der Waals surface area (Å²) in [4.78, 5) is 48.1. The summed E-state index contributed by atoms with van der Waals surface area (Å²) in [5.41, 5.74) is 4.78. The number of anilines is 1. The molecule has 0 atom stereocenters. The number of benzene rings is 3. The second kappa shape index (κ2) is 8.49. The molecular formula is C30H19N3O4. The number of aromatic carboxylic acids is 1. The van der Waals surface area contributed by atoms with Gasteiger partial charge in [0.05, 0.1) is 33.7 Å². The zero-order valence-corrected chi connectivity index (χ0v) is 19.7. The van der Waals surface area contributed by atoms with Crippen LogP contribution in [-0.4, -0.2) is 32.7 Å². The maximum absolute atomic E-state index is 13.3. The molecule has 0 unspecified atom stereocenters. The largest absolute Gasteiger partial charge is 0.478 e. The number of carbonyl (C=O) groups is 3. The lowest BCUT2D eigenvalue weighted by atomic mass is 9.96. The quantitative estimate of drug-likeness (QED) is 0.327. The summed E-state index contributed by atoms with van der Waals surface area (Å²) in [5.74, 6) is -1.58. The highest BCUT2D eigenvalue weighted by Crippen LogP contribution is 2.37. The molecule has 37 heavy (non-hydrogen) atoms. The Hall–Kier alpha value is -5.17. The zero-order valence-electron chi connectivity index (χ0n) is 19.7. The van der Waals surface area contributed by atoms with Crippen molar-refractivity contribution in [3.05, 3.63) is 108 Å². The molecule has 1 aliphatic rings. The number of rotatable bonds is 3. The Morgan fingerprint density at radius 3 is 2.43 bits per heavy atom. The van der Waals surface area contributed by atoms with Gasteiger partial charge < -0.3 is 5.11 Å². The van der Waals surface area contributed by atoms with Gasteiger partial charge in [0.15, 0.2) is 0 Å². The molecule has 7 nitrogen and oxygen atoms in total. The maximum atomic E-state index is 13.3.